The van der Waals surface area contributed by atoms with Crippen LogP contribution < -0.4 is 9.80 Å². The molecule has 0 N–H and O–H groups in total. The van der Waals surface area contributed by atoms with Crippen LogP contribution in [0, 0.1) is 17.8 Å². The number of fused-ring (bicyclic) bond motifs is 3. The second-order valence-corrected chi connectivity index (χ2v) is 15.4. The average Bonchev–Trinajstić information content (AvgIpc) is 3.75. The second kappa shape index (κ2) is 11.1. The van der Waals surface area contributed by atoms with Crippen LogP contribution in [0.3, 0.4) is 0 Å². The molecule has 0 aliphatic heterocycles. The Hall–Kier alpha value is -4.86. The summed E-state index contributed by atoms with van der Waals surface area (Å²) in [5.41, 5.74) is 9.13. The summed E-state index contributed by atoms with van der Waals surface area (Å²) in [4.78, 5) is 4.87. The van der Waals surface area contributed by atoms with Crippen LogP contribution in [0.2, 0.25) is 0 Å². The van der Waals surface area contributed by atoms with Crippen LogP contribution in [-0.4, -0.2) is 0 Å². The lowest BCUT2D eigenvalue weighted by molar-refractivity contribution is 0.229. The van der Waals surface area contributed by atoms with E-state index in [2.05, 4.69) is 161 Å². The van der Waals surface area contributed by atoms with Crippen molar-refractivity contribution in [1.82, 2.24) is 0 Å². The molecule has 4 bridgehead atoms. The molecule has 0 radical (unpaired) electrons. The van der Waals surface area contributed by atoms with E-state index in [-0.39, 0.29) is 0 Å². The molecule has 2 unspecified atom stereocenters. The highest BCUT2D eigenvalue weighted by Gasteiger charge is 2.56. The summed E-state index contributed by atoms with van der Waals surface area (Å²) >= 11 is 1.91. The summed E-state index contributed by atoms with van der Waals surface area (Å²) in [6.07, 6.45) is 7.18. The lowest BCUT2D eigenvalue weighted by Gasteiger charge is -2.39. The second-order valence-electron chi connectivity index (χ2n) is 14.4. The van der Waals surface area contributed by atoms with Crippen molar-refractivity contribution in [3.63, 3.8) is 0 Å². The van der Waals surface area contributed by atoms with Crippen LogP contribution in [0.15, 0.2) is 152 Å². The van der Waals surface area contributed by atoms with Crippen LogP contribution in [0.25, 0.3) is 20.2 Å². The smallest absolute Gasteiger partial charge is 0.0640 e. The third-order valence-corrected chi connectivity index (χ3v) is 12.9. The van der Waals surface area contributed by atoms with Crippen molar-refractivity contribution >= 4 is 65.6 Å². The van der Waals surface area contributed by atoms with E-state index in [1.165, 1.54) is 75.0 Å². The van der Waals surface area contributed by atoms with Crippen molar-refractivity contribution in [2.45, 2.75) is 37.5 Å². The Kier molecular flexibility index (Phi) is 6.52. The van der Waals surface area contributed by atoms with E-state index >= 15 is 0 Å². The normalized spacial score (nSPS) is 22.5. The van der Waals surface area contributed by atoms with Gasteiger partial charge >= 0.3 is 0 Å². The number of thiophene rings is 1. The van der Waals surface area contributed by atoms with Gasteiger partial charge in [0.25, 0.3) is 0 Å². The zero-order chi connectivity index (χ0) is 31.7. The minimum absolute atomic E-state index is 0.415. The van der Waals surface area contributed by atoms with Gasteiger partial charge in [0.15, 0.2) is 0 Å². The fraction of sp³-hybridized carbons (Fsp3) is 0.200. The van der Waals surface area contributed by atoms with Gasteiger partial charge in [0, 0.05) is 33.5 Å². The number of benzene rings is 6. The van der Waals surface area contributed by atoms with Crippen molar-refractivity contribution in [3.8, 4) is 0 Å². The Morgan fingerprint density at radius 3 is 1.31 bits per heavy atom. The maximum Gasteiger partial charge on any atom is 0.0640 e. The number of anilines is 6. The number of nitrogens with zero attached hydrogens (tertiary/aromatic N) is 2. The summed E-state index contributed by atoms with van der Waals surface area (Å²) in [6.45, 7) is 0. The molecular formula is C45H38N2S. The van der Waals surface area contributed by atoms with E-state index in [9.17, 15) is 0 Å². The van der Waals surface area contributed by atoms with Crippen LogP contribution in [0.1, 0.15) is 37.7 Å². The van der Waals surface area contributed by atoms with E-state index in [1.54, 1.807) is 5.56 Å². The molecule has 2 atom stereocenters. The molecule has 6 aromatic carbocycles. The first-order chi connectivity index (χ1) is 23.7. The average molecular weight is 639 g/mol. The molecule has 7 aromatic rings. The Morgan fingerprint density at radius 1 is 0.438 bits per heavy atom. The summed E-state index contributed by atoms with van der Waals surface area (Å²) < 4.78 is 2.60. The maximum atomic E-state index is 2.47. The molecule has 0 amide bonds. The van der Waals surface area contributed by atoms with Crippen molar-refractivity contribution < 1.29 is 0 Å². The zero-order valence-electron chi connectivity index (χ0n) is 27.0. The molecule has 234 valence electrons. The van der Waals surface area contributed by atoms with Crippen molar-refractivity contribution in [2.75, 3.05) is 9.80 Å². The summed E-state index contributed by atoms with van der Waals surface area (Å²) in [5, 5.41) is 2.59. The van der Waals surface area contributed by atoms with E-state index < -0.39 is 0 Å². The van der Waals surface area contributed by atoms with Crippen LogP contribution >= 0.6 is 11.3 Å². The highest BCUT2D eigenvalue weighted by Crippen LogP contribution is 2.65. The van der Waals surface area contributed by atoms with Crippen LogP contribution in [-0.2, 0) is 5.41 Å². The van der Waals surface area contributed by atoms with Gasteiger partial charge in [-0.05, 0) is 121 Å². The Labute approximate surface area is 286 Å². The molecule has 4 saturated carbocycles. The van der Waals surface area contributed by atoms with Gasteiger partial charge < -0.3 is 9.80 Å². The molecule has 4 aliphatic rings. The number of hydrogen-bond acceptors (Lipinski definition) is 3. The third-order valence-electron chi connectivity index (χ3n) is 11.7. The van der Waals surface area contributed by atoms with Gasteiger partial charge in [-0.2, -0.15) is 0 Å². The van der Waals surface area contributed by atoms with Crippen molar-refractivity contribution in [1.29, 1.82) is 0 Å². The molecule has 4 aliphatic carbocycles. The van der Waals surface area contributed by atoms with Crippen LogP contribution in [0.5, 0.6) is 0 Å². The first-order valence-electron chi connectivity index (χ1n) is 17.5. The largest absolute Gasteiger partial charge is 0.309 e. The number of hydrogen-bond donors (Lipinski definition) is 0. The van der Waals surface area contributed by atoms with Gasteiger partial charge in [-0.25, -0.2) is 0 Å². The summed E-state index contributed by atoms with van der Waals surface area (Å²) in [6, 6.07) is 55.7. The molecule has 1 heterocycles. The lowest BCUT2D eigenvalue weighted by Crippen LogP contribution is -2.31. The van der Waals surface area contributed by atoms with E-state index in [0.29, 0.717) is 5.41 Å². The van der Waals surface area contributed by atoms with Gasteiger partial charge in [-0.1, -0.05) is 91.0 Å². The Morgan fingerprint density at radius 2 is 0.875 bits per heavy atom. The van der Waals surface area contributed by atoms with Crippen molar-refractivity contribution in [3.05, 3.63) is 157 Å². The molecule has 3 heteroatoms. The maximum absolute atomic E-state index is 2.47. The van der Waals surface area contributed by atoms with Gasteiger partial charge in [-0.3, -0.25) is 0 Å². The highest BCUT2D eigenvalue weighted by atomic mass is 32.1. The fourth-order valence-corrected chi connectivity index (χ4v) is 11.2. The number of rotatable bonds is 7. The highest BCUT2D eigenvalue weighted by molar-refractivity contribution is 7.27. The third kappa shape index (κ3) is 4.44. The molecule has 11 rings (SSSR count). The van der Waals surface area contributed by atoms with Gasteiger partial charge in [-0.15, -0.1) is 11.3 Å². The lowest BCUT2D eigenvalue weighted by atomic mass is 9.66. The fourth-order valence-electron chi connectivity index (χ4n) is 9.86. The molecule has 1 aromatic heterocycles. The van der Waals surface area contributed by atoms with E-state index in [1.807, 2.05) is 11.3 Å². The molecule has 0 saturated heterocycles. The first-order valence-corrected chi connectivity index (χ1v) is 18.4. The van der Waals surface area contributed by atoms with Gasteiger partial charge in [0.05, 0.1) is 20.8 Å². The molecular weight excluding hydrogens is 601 g/mol. The number of para-hydroxylation sites is 3. The topological polar surface area (TPSA) is 6.48 Å². The van der Waals surface area contributed by atoms with Crippen LogP contribution in [0.4, 0.5) is 34.1 Å². The Bertz CT molecular complexity index is 2180. The zero-order valence-corrected chi connectivity index (χ0v) is 27.8. The standard InChI is InChI=1S/C45H38N2S/c1-4-12-35(13-5-1)46(36-14-6-2-7-15-36)41-20-10-18-39-40-19-11-21-42(44(40)48-43(39)41)47(37-16-8-3-9-17-37)38-24-22-34(23-25-38)45-28-31-26-32(29-45)33(27-31)30-45/h1-25,31-33H,26-30H2. The predicted octanol–water partition coefficient (Wildman–Crippen LogP) is 13.1. The van der Waals surface area contributed by atoms with E-state index in [0.717, 1.165) is 29.1 Å². The monoisotopic (exact) mass is 638 g/mol. The summed E-state index contributed by atoms with van der Waals surface area (Å²) in [7, 11) is 0. The Balaban J connectivity index is 1.12. The minimum Gasteiger partial charge on any atom is -0.309 e. The van der Waals surface area contributed by atoms with Gasteiger partial charge in [0.2, 0.25) is 0 Å². The van der Waals surface area contributed by atoms with Gasteiger partial charge in [0.1, 0.15) is 0 Å². The molecule has 0 spiro atoms. The SMILES string of the molecule is c1ccc(N(c2ccccc2)c2cccc3c2sc2c(N(c4ccccc4)c4ccc(C56CC7CC(C5)C(C7)C6)cc4)cccc23)cc1. The molecule has 4 fully saturated rings. The minimum atomic E-state index is 0.415. The quantitative estimate of drug-likeness (QED) is 0.171. The predicted molar refractivity (Wildman–Crippen MR) is 204 cm³/mol. The molecule has 2 nitrogen and oxygen atoms in total. The summed E-state index contributed by atoms with van der Waals surface area (Å²) in [5.74, 6) is 2.90. The molecule has 48 heavy (non-hydrogen) atoms. The van der Waals surface area contributed by atoms with E-state index in [4.69, 9.17) is 0 Å². The van der Waals surface area contributed by atoms with Crippen molar-refractivity contribution in [2.24, 2.45) is 17.8 Å². The first kappa shape index (κ1) is 28.2.